The predicted molar refractivity (Wildman–Crippen MR) is 105 cm³/mol. The van der Waals surface area contributed by atoms with Crippen LogP contribution in [-0.4, -0.2) is 17.0 Å². The molecular formula is C22H21NO4. The van der Waals surface area contributed by atoms with Crippen LogP contribution >= 0.6 is 0 Å². The molecule has 1 heterocycles. The Morgan fingerprint density at radius 2 is 1.63 bits per heavy atom. The van der Waals surface area contributed by atoms with Crippen molar-refractivity contribution in [3.8, 4) is 0 Å². The number of aliphatic carboxylic acids is 1. The Hall–Kier alpha value is -3.08. The molecule has 0 bridgehead atoms. The number of allylic oxidation sites excluding steroid dienone is 2. The number of carbonyl (C=O) groups excluding carboxylic acids is 1. The lowest BCUT2D eigenvalue weighted by Crippen LogP contribution is -2.36. The standard InChI is InChI=1S/C22H21NO4/c1-12-9-17(18(22(25)26)10-13(12)2)21(24)23-14-7-8-16-15-5-3-4-6-19(15)27-20(16)11-14/h3-8,11,17-18H,9-10H2,1-2H3,(H,23,24)(H,25,26)/t17-,18-/m0/s1. The topological polar surface area (TPSA) is 79.5 Å². The third-order valence-electron chi connectivity index (χ3n) is 5.57. The zero-order valence-electron chi connectivity index (χ0n) is 15.3. The molecule has 5 nitrogen and oxygen atoms in total. The number of fused-ring (bicyclic) bond motifs is 3. The van der Waals surface area contributed by atoms with Crippen LogP contribution in [0.5, 0.6) is 0 Å². The van der Waals surface area contributed by atoms with Crippen molar-refractivity contribution in [2.45, 2.75) is 26.7 Å². The van der Waals surface area contributed by atoms with Crippen LogP contribution < -0.4 is 5.32 Å². The van der Waals surface area contributed by atoms with Gasteiger partial charge >= 0.3 is 5.97 Å². The first-order valence-corrected chi connectivity index (χ1v) is 9.04. The number of carboxylic acid groups (broad SMARTS) is 1. The third kappa shape index (κ3) is 3.10. The molecule has 27 heavy (non-hydrogen) atoms. The average molecular weight is 363 g/mol. The molecule has 0 aliphatic heterocycles. The predicted octanol–water partition coefficient (Wildman–Crippen LogP) is 4.97. The van der Waals surface area contributed by atoms with E-state index >= 15 is 0 Å². The highest BCUT2D eigenvalue weighted by molar-refractivity contribution is 6.06. The van der Waals surface area contributed by atoms with E-state index in [0.29, 0.717) is 24.1 Å². The Kier molecular flexibility index (Phi) is 4.22. The number of hydrogen-bond acceptors (Lipinski definition) is 3. The number of benzene rings is 2. The molecule has 5 heteroatoms. The third-order valence-corrected chi connectivity index (χ3v) is 5.57. The van der Waals surface area contributed by atoms with Crippen LogP contribution in [0.1, 0.15) is 26.7 Å². The molecule has 3 aromatic rings. The van der Waals surface area contributed by atoms with Crippen molar-refractivity contribution in [2.75, 3.05) is 5.32 Å². The Morgan fingerprint density at radius 1 is 0.963 bits per heavy atom. The highest BCUT2D eigenvalue weighted by Gasteiger charge is 2.37. The maximum Gasteiger partial charge on any atom is 0.307 e. The summed E-state index contributed by atoms with van der Waals surface area (Å²) in [5, 5.41) is 14.4. The largest absolute Gasteiger partial charge is 0.481 e. The minimum atomic E-state index is -0.922. The van der Waals surface area contributed by atoms with Gasteiger partial charge in [0.1, 0.15) is 11.2 Å². The fraction of sp³-hybridized carbons (Fsp3) is 0.273. The molecule has 1 amide bonds. The molecule has 0 saturated carbocycles. The normalized spacial score (nSPS) is 20.2. The van der Waals surface area contributed by atoms with Gasteiger partial charge in [0.05, 0.1) is 11.8 Å². The number of amides is 1. The number of carboxylic acids is 1. The number of rotatable bonds is 3. The van der Waals surface area contributed by atoms with Gasteiger partial charge in [-0.15, -0.1) is 0 Å². The molecule has 2 atom stereocenters. The SMILES string of the molecule is CC1=C(C)C[C@H](C(=O)Nc2ccc3c(c2)oc2ccccc23)[C@@H](C(=O)O)C1. The summed E-state index contributed by atoms with van der Waals surface area (Å²) in [6.45, 7) is 3.91. The van der Waals surface area contributed by atoms with Crippen LogP contribution in [0.15, 0.2) is 58.0 Å². The molecule has 2 N–H and O–H groups in total. The van der Waals surface area contributed by atoms with E-state index in [2.05, 4.69) is 5.32 Å². The molecule has 0 spiro atoms. The van der Waals surface area contributed by atoms with Crippen molar-refractivity contribution in [3.63, 3.8) is 0 Å². The van der Waals surface area contributed by atoms with Gasteiger partial charge < -0.3 is 14.8 Å². The number of carbonyl (C=O) groups is 2. The van der Waals surface area contributed by atoms with E-state index in [-0.39, 0.29) is 5.91 Å². The van der Waals surface area contributed by atoms with Gasteiger partial charge in [0.15, 0.2) is 0 Å². The first kappa shape index (κ1) is 17.3. The van der Waals surface area contributed by atoms with Crippen LogP contribution in [0.2, 0.25) is 0 Å². The first-order chi connectivity index (χ1) is 12.9. The van der Waals surface area contributed by atoms with Crippen molar-refractivity contribution in [2.24, 2.45) is 11.8 Å². The van der Waals surface area contributed by atoms with Gasteiger partial charge in [-0.05, 0) is 44.9 Å². The van der Waals surface area contributed by atoms with E-state index in [0.717, 1.165) is 27.5 Å². The maximum atomic E-state index is 12.8. The summed E-state index contributed by atoms with van der Waals surface area (Å²) in [4.78, 5) is 24.4. The Balaban J connectivity index is 1.62. The number of furan rings is 1. The van der Waals surface area contributed by atoms with Gasteiger partial charge in [0.25, 0.3) is 0 Å². The van der Waals surface area contributed by atoms with Crippen LogP contribution in [0, 0.1) is 11.8 Å². The molecule has 1 aromatic heterocycles. The lowest BCUT2D eigenvalue weighted by molar-refractivity contribution is -0.146. The highest BCUT2D eigenvalue weighted by Crippen LogP contribution is 2.36. The summed E-state index contributed by atoms with van der Waals surface area (Å²) < 4.78 is 5.86. The van der Waals surface area contributed by atoms with Crippen molar-refractivity contribution < 1.29 is 19.1 Å². The number of nitrogens with one attached hydrogen (secondary N) is 1. The molecule has 0 saturated heterocycles. The van der Waals surface area contributed by atoms with Gasteiger partial charge in [0, 0.05) is 22.5 Å². The van der Waals surface area contributed by atoms with Crippen LogP contribution in [0.3, 0.4) is 0 Å². The molecule has 0 fully saturated rings. The molecule has 0 unspecified atom stereocenters. The first-order valence-electron chi connectivity index (χ1n) is 9.04. The minimum absolute atomic E-state index is 0.260. The van der Waals surface area contributed by atoms with Gasteiger partial charge in [-0.25, -0.2) is 0 Å². The molecular weight excluding hydrogens is 342 g/mol. The Bertz CT molecular complexity index is 1090. The van der Waals surface area contributed by atoms with Gasteiger partial charge in [-0.1, -0.05) is 29.3 Å². The van der Waals surface area contributed by atoms with Crippen molar-refractivity contribution in [3.05, 3.63) is 53.6 Å². The summed E-state index contributed by atoms with van der Waals surface area (Å²) in [5.41, 5.74) is 4.26. The smallest absolute Gasteiger partial charge is 0.307 e. The lowest BCUT2D eigenvalue weighted by Gasteiger charge is -2.29. The van der Waals surface area contributed by atoms with E-state index in [9.17, 15) is 14.7 Å². The van der Waals surface area contributed by atoms with E-state index in [1.54, 1.807) is 6.07 Å². The van der Waals surface area contributed by atoms with Crippen LogP contribution in [0.25, 0.3) is 21.9 Å². The van der Waals surface area contributed by atoms with E-state index in [1.807, 2.05) is 50.2 Å². The molecule has 2 aromatic carbocycles. The fourth-order valence-corrected chi connectivity index (χ4v) is 3.87. The molecule has 138 valence electrons. The zero-order valence-corrected chi connectivity index (χ0v) is 15.3. The Morgan fingerprint density at radius 3 is 2.37 bits per heavy atom. The van der Waals surface area contributed by atoms with Gasteiger partial charge in [-0.3, -0.25) is 9.59 Å². The van der Waals surface area contributed by atoms with Gasteiger partial charge in [0.2, 0.25) is 5.91 Å². The summed E-state index contributed by atoms with van der Waals surface area (Å²) >= 11 is 0. The monoisotopic (exact) mass is 363 g/mol. The van der Waals surface area contributed by atoms with E-state index in [4.69, 9.17) is 4.42 Å². The lowest BCUT2D eigenvalue weighted by atomic mass is 9.76. The quantitative estimate of drug-likeness (QED) is 0.644. The average Bonchev–Trinajstić information content (AvgIpc) is 3.01. The number of para-hydroxylation sites is 1. The van der Waals surface area contributed by atoms with Crippen molar-refractivity contribution in [1.82, 2.24) is 0 Å². The second-order valence-corrected chi connectivity index (χ2v) is 7.32. The summed E-state index contributed by atoms with van der Waals surface area (Å²) in [6, 6.07) is 13.3. The summed E-state index contributed by atoms with van der Waals surface area (Å²) in [7, 11) is 0. The van der Waals surface area contributed by atoms with E-state index < -0.39 is 17.8 Å². The van der Waals surface area contributed by atoms with Crippen LogP contribution in [0.4, 0.5) is 5.69 Å². The molecule has 0 radical (unpaired) electrons. The minimum Gasteiger partial charge on any atom is -0.481 e. The zero-order chi connectivity index (χ0) is 19.1. The molecule has 1 aliphatic carbocycles. The van der Waals surface area contributed by atoms with E-state index in [1.165, 1.54) is 0 Å². The van der Waals surface area contributed by atoms with Gasteiger partial charge in [-0.2, -0.15) is 0 Å². The summed E-state index contributed by atoms with van der Waals surface area (Å²) in [6.07, 6.45) is 0.892. The highest BCUT2D eigenvalue weighted by atomic mass is 16.4. The fourth-order valence-electron chi connectivity index (χ4n) is 3.87. The molecule has 1 aliphatic rings. The molecule has 4 rings (SSSR count). The second kappa shape index (κ2) is 6.58. The maximum absolute atomic E-state index is 12.8. The van der Waals surface area contributed by atoms with Crippen molar-refractivity contribution >= 4 is 39.5 Å². The Labute approximate surface area is 156 Å². The van der Waals surface area contributed by atoms with Crippen LogP contribution in [-0.2, 0) is 9.59 Å². The second-order valence-electron chi connectivity index (χ2n) is 7.32. The number of anilines is 1. The number of hydrogen-bond donors (Lipinski definition) is 2. The summed E-state index contributed by atoms with van der Waals surface area (Å²) in [5.74, 6) is -2.44. The van der Waals surface area contributed by atoms with Crippen molar-refractivity contribution in [1.29, 1.82) is 0 Å².